The van der Waals surface area contributed by atoms with Crippen LogP contribution in [0.1, 0.15) is 35.6 Å². The number of nitrogens with zero attached hydrogens (tertiary/aromatic N) is 3. The average molecular weight is 442 g/mol. The summed E-state index contributed by atoms with van der Waals surface area (Å²) in [5, 5.41) is 7.40. The summed E-state index contributed by atoms with van der Waals surface area (Å²) in [5.41, 5.74) is 0.878. The lowest BCUT2D eigenvalue weighted by Gasteiger charge is -2.33. The molecule has 1 saturated heterocycles. The van der Waals surface area contributed by atoms with Gasteiger partial charge in [0.15, 0.2) is 6.04 Å². The van der Waals surface area contributed by atoms with Crippen molar-refractivity contribution >= 4 is 5.91 Å². The summed E-state index contributed by atoms with van der Waals surface area (Å²) < 4.78 is 40.5. The Hall–Kier alpha value is -3.13. The average Bonchev–Trinajstić information content (AvgIpc) is 3.30. The van der Waals surface area contributed by atoms with Crippen molar-refractivity contribution in [2.24, 2.45) is 0 Å². The molecule has 1 aliphatic rings. The Morgan fingerprint density at radius 3 is 2.47 bits per heavy atom. The van der Waals surface area contributed by atoms with Crippen LogP contribution in [-0.2, 0) is 17.5 Å². The van der Waals surface area contributed by atoms with Crippen LogP contribution in [0.3, 0.4) is 0 Å². The van der Waals surface area contributed by atoms with Crippen LogP contribution in [0.25, 0.3) is 0 Å². The zero-order valence-electron chi connectivity index (χ0n) is 17.5. The monoisotopic (exact) mass is 442 g/mol. The smallest absolute Gasteiger partial charge is 0.351 e. The minimum atomic E-state index is -4.34. The summed E-state index contributed by atoms with van der Waals surface area (Å²) in [6.07, 6.45) is 0.568. The van der Waals surface area contributed by atoms with Crippen molar-refractivity contribution in [1.29, 1.82) is 0 Å². The normalized spacial score (nSPS) is 16.6. The fourth-order valence-corrected chi connectivity index (χ4v) is 4.11. The molecule has 1 N–H and O–H groups in total. The van der Waals surface area contributed by atoms with Crippen LogP contribution in [0.4, 0.5) is 13.2 Å². The van der Waals surface area contributed by atoms with Gasteiger partial charge in [0.05, 0.1) is 5.56 Å². The van der Waals surface area contributed by atoms with Gasteiger partial charge in [0, 0.05) is 38.1 Å². The van der Waals surface area contributed by atoms with Gasteiger partial charge in [0.2, 0.25) is 5.91 Å². The number of benzene rings is 2. The number of aromatic nitrogens is 2. The maximum absolute atomic E-state index is 13.1. The Morgan fingerprint density at radius 2 is 1.81 bits per heavy atom. The molecule has 8 heteroatoms. The highest BCUT2D eigenvalue weighted by molar-refractivity contribution is 5.83. The molecule has 2 aromatic carbocycles. The van der Waals surface area contributed by atoms with E-state index in [2.05, 4.69) is 15.3 Å². The number of amides is 1. The second-order valence-corrected chi connectivity index (χ2v) is 8.06. The molecule has 0 saturated carbocycles. The molecule has 0 spiro atoms. The number of rotatable bonds is 6. The van der Waals surface area contributed by atoms with E-state index >= 15 is 0 Å². The minimum Gasteiger partial charge on any atom is -0.351 e. The van der Waals surface area contributed by atoms with E-state index < -0.39 is 17.8 Å². The second-order valence-electron chi connectivity index (χ2n) is 8.06. The molecule has 1 unspecified atom stereocenters. The van der Waals surface area contributed by atoms with Crippen molar-refractivity contribution in [1.82, 2.24) is 20.0 Å². The Balaban J connectivity index is 1.35. The lowest BCUT2D eigenvalue weighted by molar-refractivity contribution is -0.137. The molecule has 1 atom stereocenters. The lowest BCUT2D eigenvalue weighted by atomic mass is 10.0. The Kier molecular flexibility index (Phi) is 6.60. The molecule has 4 rings (SSSR count). The SMILES string of the molecule is O=C(NC1CCN(Cc2cccc(C(F)(F)F)c2)CC1)C(c1ccccc1)n1cccn1. The van der Waals surface area contributed by atoms with Crippen molar-refractivity contribution in [2.45, 2.75) is 37.6 Å². The van der Waals surface area contributed by atoms with Crippen molar-refractivity contribution in [3.05, 3.63) is 89.7 Å². The van der Waals surface area contributed by atoms with Gasteiger partial charge in [-0.3, -0.25) is 14.4 Å². The maximum atomic E-state index is 13.1. The van der Waals surface area contributed by atoms with Crippen LogP contribution in [0.15, 0.2) is 73.1 Å². The predicted molar refractivity (Wildman–Crippen MR) is 115 cm³/mol. The third-order valence-electron chi connectivity index (χ3n) is 5.75. The summed E-state index contributed by atoms with van der Waals surface area (Å²) in [6, 6.07) is 16.2. The molecule has 2 heterocycles. The minimum absolute atomic E-state index is 0.0158. The number of carbonyl (C=O) groups excluding carboxylic acids is 1. The molecule has 0 bridgehead atoms. The van der Waals surface area contributed by atoms with Crippen LogP contribution >= 0.6 is 0 Å². The van der Waals surface area contributed by atoms with Gasteiger partial charge in [-0.1, -0.05) is 48.5 Å². The number of nitrogens with one attached hydrogen (secondary N) is 1. The number of hydrogen-bond donors (Lipinski definition) is 1. The van der Waals surface area contributed by atoms with E-state index in [-0.39, 0.29) is 11.9 Å². The first-order valence-electron chi connectivity index (χ1n) is 10.6. The van der Waals surface area contributed by atoms with Gasteiger partial charge in [0.25, 0.3) is 0 Å². The van der Waals surface area contributed by atoms with Gasteiger partial charge in [0.1, 0.15) is 0 Å². The zero-order chi connectivity index (χ0) is 22.6. The molecule has 168 valence electrons. The molecule has 1 amide bonds. The van der Waals surface area contributed by atoms with Crippen LogP contribution < -0.4 is 5.32 Å². The predicted octanol–water partition coefficient (Wildman–Crippen LogP) is 4.27. The lowest BCUT2D eigenvalue weighted by Crippen LogP contribution is -2.46. The Labute approximate surface area is 184 Å². The van der Waals surface area contributed by atoms with Crippen LogP contribution in [0.2, 0.25) is 0 Å². The molecule has 1 aromatic heterocycles. The molecule has 1 aliphatic heterocycles. The largest absolute Gasteiger partial charge is 0.416 e. The van der Waals surface area contributed by atoms with Gasteiger partial charge in [-0.25, -0.2) is 0 Å². The van der Waals surface area contributed by atoms with Gasteiger partial charge >= 0.3 is 6.18 Å². The topological polar surface area (TPSA) is 50.2 Å². The first-order chi connectivity index (χ1) is 15.4. The number of alkyl halides is 3. The van der Waals surface area contributed by atoms with E-state index in [1.54, 1.807) is 29.2 Å². The molecule has 0 aliphatic carbocycles. The maximum Gasteiger partial charge on any atom is 0.416 e. The van der Waals surface area contributed by atoms with E-state index in [1.807, 2.05) is 30.3 Å². The highest BCUT2D eigenvalue weighted by Crippen LogP contribution is 2.30. The highest BCUT2D eigenvalue weighted by Gasteiger charge is 2.31. The van der Waals surface area contributed by atoms with Crippen LogP contribution in [0, 0.1) is 0 Å². The fraction of sp³-hybridized carbons (Fsp3) is 0.333. The number of hydrogen-bond acceptors (Lipinski definition) is 3. The summed E-state index contributed by atoms with van der Waals surface area (Å²) in [6.45, 7) is 1.88. The number of carbonyl (C=O) groups is 1. The first kappa shape index (κ1) is 22.1. The number of likely N-dealkylation sites (tertiary alicyclic amines) is 1. The highest BCUT2D eigenvalue weighted by atomic mass is 19.4. The van der Waals surface area contributed by atoms with E-state index in [1.165, 1.54) is 12.1 Å². The summed E-state index contributed by atoms with van der Waals surface area (Å²) >= 11 is 0. The molecular formula is C24H25F3N4O. The summed E-state index contributed by atoms with van der Waals surface area (Å²) in [7, 11) is 0. The molecule has 32 heavy (non-hydrogen) atoms. The molecule has 3 aromatic rings. The van der Waals surface area contributed by atoms with E-state index in [0.717, 1.165) is 24.5 Å². The number of halogens is 3. The molecular weight excluding hydrogens is 417 g/mol. The van der Waals surface area contributed by atoms with Crippen molar-refractivity contribution < 1.29 is 18.0 Å². The standard InChI is InChI=1S/C24H25F3N4O/c25-24(26,27)20-9-4-6-18(16-20)17-30-14-10-21(11-15-30)29-23(32)22(31-13-5-12-28-31)19-7-2-1-3-8-19/h1-9,12-13,16,21-22H,10-11,14-15,17H2,(H,29,32). The second kappa shape index (κ2) is 9.56. The Morgan fingerprint density at radius 1 is 1.06 bits per heavy atom. The summed E-state index contributed by atoms with van der Waals surface area (Å²) in [5.74, 6) is -0.115. The van der Waals surface area contributed by atoms with E-state index in [4.69, 9.17) is 0 Å². The van der Waals surface area contributed by atoms with Crippen molar-refractivity contribution in [3.8, 4) is 0 Å². The van der Waals surface area contributed by atoms with Crippen LogP contribution in [-0.4, -0.2) is 39.7 Å². The molecule has 1 fully saturated rings. The third-order valence-corrected chi connectivity index (χ3v) is 5.75. The van der Waals surface area contributed by atoms with E-state index in [9.17, 15) is 18.0 Å². The van der Waals surface area contributed by atoms with Gasteiger partial charge < -0.3 is 5.32 Å². The summed E-state index contributed by atoms with van der Waals surface area (Å²) in [4.78, 5) is 15.2. The van der Waals surface area contributed by atoms with Gasteiger partial charge in [-0.15, -0.1) is 0 Å². The zero-order valence-corrected chi connectivity index (χ0v) is 17.5. The van der Waals surface area contributed by atoms with Crippen molar-refractivity contribution in [3.63, 3.8) is 0 Å². The van der Waals surface area contributed by atoms with Gasteiger partial charge in [-0.05, 0) is 36.1 Å². The first-order valence-corrected chi connectivity index (χ1v) is 10.6. The third kappa shape index (κ3) is 5.37. The number of piperidine rings is 1. The fourth-order valence-electron chi connectivity index (χ4n) is 4.11. The molecule has 5 nitrogen and oxygen atoms in total. The van der Waals surface area contributed by atoms with Gasteiger partial charge in [-0.2, -0.15) is 18.3 Å². The Bertz CT molecular complexity index is 1010. The quantitative estimate of drug-likeness (QED) is 0.620. The van der Waals surface area contributed by atoms with Crippen molar-refractivity contribution in [2.75, 3.05) is 13.1 Å². The molecule has 0 radical (unpaired) electrons. The van der Waals surface area contributed by atoms with Crippen LogP contribution in [0.5, 0.6) is 0 Å². The van der Waals surface area contributed by atoms with E-state index in [0.29, 0.717) is 25.2 Å².